The third-order valence-corrected chi connectivity index (χ3v) is 7.01. The highest BCUT2D eigenvalue weighted by Crippen LogP contribution is 2.29. The topological polar surface area (TPSA) is 157 Å². The van der Waals surface area contributed by atoms with Crippen LogP contribution in [-0.4, -0.2) is 100 Å². The molecular formula is C28H30FN7O5. The fraction of sp³-hybridized carbons (Fsp3) is 0.393. The number of nitrogens with one attached hydrogen (secondary N) is 1. The van der Waals surface area contributed by atoms with Crippen LogP contribution in [0.5, 0.6) is 5.75 Å². The molecule has 13 heteroatoms. The molecule has 0 spiro atoms. The molecule has 1 aromatic heterocycles. The molecule has 214 valence electrons. The van der Waals surface area contributed by atoms with Crippen LogP contribution in [0.2, 0.25) is 0 Å². The number of likely N-dealkylation sites (tertiary alicyclic amines) is 1. The zero-order chi connectivity index (χ0) is 28.8. The normalized spacial score (nSPS) is 20.8. The van der Waals surface area contributed by atoms with Gasteiger partial charge in [0.15, 0.2) is 12.0 Å². The van der Waals surface area contributed by atoms with E-state index in [1.54, 1.807) is 18.2 Å². The average molecular weight is 564 g/mol. The van der Waals surface area contributed by atoms with Gasteiger partial charge in [0, 0.05) is 43.0 Å². The number of hydrogen-bond acceptors (Lipinski definition) is 11. The van der Waals surface area contributed by atoms with Crippen molar-refractivity contribution in [3.8, 4) is 23.2 Å². The number of nitrogens with zero attached hydrogens (tertiary/aromatic N) is 6. The first kappa shape index (κ1) is 28.2. The van der Waals surface area contributed by atoms with Gasteiger partial charge in [-0.2, -0.15) is 10.2 Å². The molecule has 3 heterocycles. The van der Waals surface area contributed by atoms with Gasteiger partial charge in [0.1, 0.15) is 30.9 Å². The van der Waals surface area contributed by atoms with Crippen LogP contribution in [0.4, 0.5) is 21.7 Å². The van der Waals surface area contributed by atoms with E-state index in [0.717, 1.165) is 17.9 Å². The van der Waals surface area contributed by atoms with Crippen LogP contribution in [0.25, 0.3) is 11.4 Å². The Labute approximate surface area is 236 Å². The number of nitriles is 1. The Hall–Kier alpha value is -4.38. The zero-order valence-corrected chi connectivity index (χ0v) is 22.2. The van der Waals surface area contributed by atoms with E-state index in [1.807, 2.05) is 24.3 Å². The van der Waals surface area contributed by atoms with Gasteiger partial charge in [0.05, 0.1) is 31.4 Å². The first-order valence-electron chi connectivity index (χ1n) is 13.2. The van der Waals surface area contributed by atoms with Crippen molar-refractivity contribution >= 4 is 23.2 Å². The van der Waals surface area contributed by atoms with Crippen molar-refractivity contribution in [2.45, 2.75) is 24.8 Å². The Kier molecular flexibility index (Phi) is 8.83. The molecule has 2 saturated heterocycles. The summed E-state index contributed by atoms with van der Waals surface area (Å²) in [6.07, 6.45) is -0.876. The van der Waals surface area contributed by atoms with Crippen LogP contribution < -0.4 is 15.0 Å². The molecule has 2 aliphatic heterocycles. The predicted octanol–water partition coefficient (Wildman–Crippen LogP) is 1.66. The molecule has 3 aromatic rings. The summed E-state index contributed by atoms with van der Waals surface area (Å²) in [6, 6.07) is 14.7. The Morgan fingerprint density at radius 2 is 2.00 bits per heavy atom. The molecule has 2 aliphatic rings. The highest BCUT2D eigenvalue weighted by molar-refractivity contribution is 5.77. The number of halogens is 1. The molecule has 12 nitrogen and oxygen atoms in total. The summed E-state index contributed by atoms with van der Waals surface area (Å²) in [7, 11) is 0. The third kappa shape index (κ3) is 6.68. The van der Waals surface area contributed by atoms with Crippen LogP contribution in [0.15, 0.2) is 48.8 Å². The molecule has 41 heavy (non-hydrogen) atoms. The van der Waals surface area contributed by atoms with E-state index in [0.29, 0.717) is 30.5 Å². The van der Waals surface area contributed by atoms with E-state index in [4.69, 9.17) is 14.6 Å². The fourth-order valence-electron chi connectivity index (χ4n) is 4.81. The molecule has 3 atom stereocenters. The third-order valence-electron chi connectivity index (χ3n) is 7.01. The molecule has 5 rings (SSSR count). The Balaban J connectivity index is 1.25. The van der Waals surface area contributed by atoms with Crippen LogP contribution >= 0.6 is 0 Å². The molecule has 2 unspecified atom stereocenters. The molecular weight excluding hydrogens is 533 g/mol. The second-order valence-electron chi connectivity index (χ2n) is 9.71. The van der Waals surface area contributed by atoms with Gasteiger partial charge in [-0.3, -0.25) is 4.79 Å². The maximum Gasteiger partial charge on any atom is 0.248 e. The lowest BCUT2D eigenvalue weighted by Crippen LogP contribution is -2.50. The number of hydrogen-bond donors (Lipinski definition) is 3. The van der Waals surface area contributed by atoms with Crippen molar-refractivity contribution in [2.24, 2.45) is 0 Å². The smallest absolute Gasteiger partial charge is 0.248 e. The molecule has 0 bridgehead atoms. The lowest BCUT2D eigenvalue weighted by Gasteiger charge is -2.34. The summed E-state index contributed by atoms with van der Waals surface area (Å²) in [5, 5.41) is 31.3. The maximum atomic E-state index is 14.7. The summed E-state index contributed by atoms with van der Waals surface area (Å²) in [5.74, 6) is 0.354. The summed E-state index contributed by atoms with van der Waals surface area (Å²) in [5.41, 5.74) is 2.54. The predicted molar refractivity (Wildman–Crippen MR) is 146 cm³/mol. The van der Waals surface area contributed by atoms with Crippen LogP contribution in [0.1, 0.15) is 12.0 Å². The van der Waals surface area contributed by atoms with Gasteiger partial charge in [-0.05, 0) is 42.5 Å². The number of aliphatic hydroxyl groups is 2. The van der Waals surface area contributed by atoms with Crippen LogP contribution in [0.3, 0.4) is 0 Å². The van der Waals surface area contributed by atoms with E-state index in [9.17, 15) is 19.6 Å². The Bertz CT molecular complexity index is 1400. The summed E-state index contributed by atoms with van der Waals surface area (Å²) in [6.45, 7) is 1.32. The number of aliphatic hydroxyl groups excluding tert-OH is 2. The van der Waals surface area contributed by atoms with Crippen molar-refractivity contribution in [3.05, 3.63) is 54.4 Å². The number of rotatable bonds is 8. The number of carbonyl (C=O) groups is 1. The van der Waals surface area contributed by atoms with E-state index >= 15 is 0 Å². The van der Waals surface area contributed by atoms with Gasteiger partial charge >= 0.3 is 0 Å². The quantitative estimate of drug-likeness (QED) is 0.366. The average Bonchev–Trinajstić information content (AvgIpc) is 3.02. The molecule has 2 aromatic carbocycles. The SMILES string of the molecule is N#Cc1cc(-c2ncnc(Nc3ccc(N4CCOC(CO)C4)cc3)n2)ccc1O[C@H]1CCN(C(=O)CO)CC1F. The maximum absolute atomic E-state index is 14.7. The van der Waals surface area contributed by atoms with Crippen molar-refractivity contribution in [3.63, 3.8) is 0 Å². The Morgan fingerprint density at radius 1 is 1.17 bits per heavy atom. The number of benzene rings is 2. The second kappa shape index (κ2) is 12.9. The lowest BCUT2D eigenvalue weighted by atomic mass is 10.0. The zero-order valence-electron chi connectivity index (χ0n) is 22.2. The largest absolute Gasteiger partial charge is 0.486 e. The lowest BCUT2D eigenvalue weighted by molar-refractivity contribution is -0.138. The highest BCUT2D eigenvalue weighted by Gasteiger charge is 2.33. The van der Waals surface area contributed by atoms with Crippen LogP contribution in [0, 0.1) is 11.3 Å². The van der Waals surface area contributed by atoms with E-state index < -0.39 is 24.8 Å². The van der Waals surface area contributed by atoms with Crippen molar-refractivity contribution in [2.75, 3.05) is 56.2 Å². The molecule has 0 saturated carbocycles. The summed E-state index contributed by atoms with van der Waals surface area (Å²) in [4.78, 5) is 28.0. The van der Waals surface area contributed by atoms with Gasteiger partial charge in [0.2, 0.25) is 11.9 Å². The second-order valence-corrected chi connectivity index (χ2v) is 9.71. The first-order valence-corrected chi connectivity index (χ1v) is 13.2. The molecule has 3 N–H and O–H groups in total. The van der Waals surface area contributed by atoms with E-state index in [1.165, 1.54) is 11.2 Å². The Morgan fingerprint density at radius 3 is 2.73 bits per heavy atom. The number of carbonyl (C=O) groups excluding carboxylic acids is 1. The molecule has 1 amide bonds. The molecule has 0 radical (unpaired) electrons. The number of aromatic nitrogens is 3. The van der Waals surface area contributed by atoms with Gasteiger partial charge in [-0.25, -0.2) is 14.4 Å². The van der Waals surface area contributed by atoms with E-state index in [-0.39, 0.29) is 43.5 Å². The van der Waals surface area contributed by atoms with Gasteiger partial charge in [-0.1, -0.05) is 0 Å². The van der Waals surface area contributed by atoms with Crippen LogP contribution in [-0.2, 0) is 9.53 Å². The minimum Gasteiger partial charge on any atom is -0.486 e. The minimum atomic E-state index is -1.46. The minimum absolute atomic E-state index is 0.0176. The summed E-state index contributed by atoms with van der Waals surface area (Å²) >= 11 is 0. The fourth-order valence-corrected chi connectivity index (χ4v) is 4.81. The van der Waals surface area contributed by atoms with Crippen molar-refractivity contribution in [1.29, 1.82) is 5.26 Å². The summed E-state index contributed by atoms with van der Waals surface area (Å²) < 4.78 is 26.0. The van der Waals surface area contributed by atoms with Gasteiger partial charge < -0.3 is 34.8 Å². The van der Waals surface area contributed by atoms with Crippen molar-refractivity contribution < 1.29 is 28.9 Å². The number of piperidine rings is 1. The number of ether oxygens (including phenoxy) is 2. The standard InChI is InChI=1S/C28H30FN7O5/c29-23-14-36(26(39)16-38)8-7-25(23)41-24-6-1-18(11-19(24)12-30)27-31-17-32-28(34-27)33-20-2-4-21(5-3-20)35-9-10-40-22(13-35)15-37/h1-6,11,17,22-23,25,37-38H,7-10,13-16H2,(H,31,32,33,34)/t22?,23?,25-/m0/s1. The first-order chi connectivity index (χ1) is 20.0. The molecule has 2 fully saturated rings. The number of morpholine rings is 1. The van der Waals surface area contributed by atoms with E-state index in [2.05, 4.69) is 31.2 Å². The number of anilines is 3. The molecule has 0 aliphatic carbocycles. The van der Waals surface area contributed by atoms with Gasteiger partial charge in [0.25, 0.3) is 0 Å². The van der Waals surface area contributed by atoms with Gasteiger partial charge in [-0.15, -0.1) is 0 Å². The van der Waals surface area contributed by atoms with Crippen molar-refractivity contribution in [1.82, 2.24) is 19.9 Å². The monoisotopic (exact) mass is 563 g/mol. The highest BCUT2D eigenvalue weighted by atomic mass is 19.1. The number of alkyl halides is 1. The number of amides is 1.